The van der Waals surface area contributed by atoms with Crippen LogP contribution in [0.15, 0.2) is 26.5 Å². The highest BCUT2D eigenvalue weighted by Crippen LogP contribution is 2.36. The van der Waals surface area contributed by atoms with Crippen molar-refractivity contribution in [1.82, 2.24) is 14.9 Å². The van der Waals surface area contributed by atoms with Crippen molar-refractivity contribution in [1.29, 1.82) is 0 Å². The third-order valence-electron chi connectivity index (χ3n) is 2.96. The van der Waals surface area contributed by atoms with Crippen LogP contribution >= 0.6 is 28.1 Å². The summed E-state index contributed by atoms with van der Waals surface area (Å²) in [6.07, 6.45) is 1.52. The molecule has 0 aliphatic carbocycles. The minimum atomic E-state index is -0.370. The summed E-state index contributed by atoms with van der Waals surface area (Å²) in [5, 5.41) is 10.5. The minimum Gasteiger partial charge on any atom is -0.490 e. The molecule has 128 valence electrons. The van der Waals surface area contributed by atoms with Gasteiger partial charge in [-0.2, -0.15) is 14.9 Å². The number of nitrogens with one attached hydrogen (secondary N) is 1. The van der Waals surface area contributed by atoms with Crippen molar-refractivity contribution < 1.29 is 9.47 Å². The van der Waals surface area contributed by atoms with Gasteiger partial charge in [-0.05, 0) is 66.6 Å². The SMILES string of the molecule is CCOc1cc(/C=N\n2c(=S)[nH]nc(C)c2=O)cc(Br)c1OCC. The van der Waals surface area contributed by atoms with Gasteiger partial charge in [0, 0.05) is 0 Å². The number of benzene rings is 1. The Balaban J connectivity index is 2.45. The summed E-state index contributed by atoms with van der Waals surface area (Å²) in [6, 6.07) is 3.61. The molecule has 0 aliphatic rings. The lowest BCUT2D eigenvalue weighted by molar-refractivity contribution is 0.286. The average molecular weight is 413 g/mol. The molecule has 1 N–H and O–H groups in total. The first kappa shape index (κ1) is 18.3. The number of aryl methyl sites for hydroxylation is 1. The molecular formula is C15H17BrN4O3S. The molecule has 0 fully saturated rings. The van der Waals surface area contributed by atoms with E-state index in [4.69, 9.17) is 21.7 Å². The van der Waals surface area contributed by atoms with Crippen molar-refractivity contribution in [2.24, 2.45) is 5.10 Å². The molecule has 0 aliphatic heterocycles. The van der Waals surface area contributed by atoms with Gasteiger partial charge in [0.1, 0.15) is 5.69 Å². The number of nitrogens with zero attached hydrogens (tertiary/aromatic N) is 3. The number of aromatic nitrogens is 3. The van der Waals surface area contributed by atoms with Crippen LogP contribution in [-0.4, -0.2) is 34.3 Å². The highest BCUT2D eigenvalue weighted by atomic mass is 79.9. The minimum absolute atomic E-state index is 0.122. The van der Waals surface area contributed by atoms with E-state index in [1.165, 1.54) is 6.21 Å². The number of hydrogen-bond donors (Lipinski definition) is 1. The van der Waals surface area contributed by atoms with Crippen LogP contribution in [0.2, 0.25) is 0 Å². The molecule has 1 aromatic heterocycles. The fourth-order valence-corrected chi connectivity index (χ4v) is 2.66. The summed E-state index contributed by atoms with van der Waals surface area (Å²) in [5.41, 5.74) is 0.637. The van der Waals surface area contributed by atoms with Crippen LogP contribution in [0.4, 0.5) is 0 Å². The van der Waals surface area contributed by atoms with Crippen LogP contribution in [0.5, 0.6) is 11.5 Å². The fourth-order valence-electron chi connectivity index (χ4n) is 1.91. The van der Waals surface area contributed by atoms with Crippen LogP contribution in [0.1, 0.15) is 25.1 Å². The summed E-state index contributed by atoms with van der Waals surface area (Å²) < 4.78 is 13.1. The van der Waals surface area contributed by atoms with Gasteiger partial charge in [-0.1, -0.05) is 0 Å². The molecule has 0 unspecified atom stereocenters. The van der Waals surface area contributed by atoms with E-state index in [0.717, 1.165) is 14.7 Å². The predicted molar refractivity (Wildman–Crippen MR) is 97.9 cm³/mol. The van der Waals surface area contributed by atoms with Crippen molar-refractivity contribution >= 4 is 34.4 Å². The molecular weight excluding hydrogens is 396 g/mol. The largest absolute Gasteiger partial charge is 0.490 e. The monoisotopic (exact) mass is 412 g/mol. The smallest absolute Gasteiger partial charge is 0.296 e. The highest BCUT2D eigenvalue weighted by Gasteiger charge is 2.11. The van der Waals surface area contributed by atoms with E-state index < -0.39 is 0 Å². The molecule has 0 saturated heterocycles. The zero-order valence-electron chi connectivity index (χ0n) is 13.5. The normalized spacial score (nSPS) is 11.0. The van der Waals surface area contributed by atoms with Gasteiger partial charge in [0.25, 0.3) is 5.56 Å². The van der Waals surface area contributed by atoms with Crippen LogP contribution in [0, 0.1) is 11.7 Å². The summed E-state index contributed by atoms with van der Waals surface area (Å²) in [6.45, 7) is 6.40. The molecule has 0 saturated carbocycles. The van der Waals surface area contributed by atoms with Crippen LogP contribution in [-0.2, 0) is 0 Å². The van der Waals surface area contributed by atoms with E-state index in [2.05, 4.69) is 31.2 Å². The maximum atomic E-state index is 12.0. The van der Waals surface area contributed by atoms with Crippen molar-refractivity contribution in [3.8, 4) is 11.5 Å². The lowest BCUT2D eigenvalue weighted by atomic mass is 10.2. The average Bonchev–Trinajstić information content (AvgIpc) is 2.54. The van der Waals surface area contributed by atoms with E-state index in [1.54, 1.807) is 13.0 Å². The molecule has 24 heavy (non-hydrogen) atoms. The molecule has 0 radical (unpaired) electrons. The molecule has 7 nitrogen and oxygen atoms in total. The Morgan fingerprint density at radius 3 is 2.75 bits per heavy atom. The molecule has 1 aromatic carbocycles. The van der Waals surface area contributed by atoms with E-state index >= 15 is 0 Å². The lowest BCUT2D eigenvalue weighted by Crippen LogP contribution is -2.22. The second-order valence-corrected chi connectivity index (χ2v) is 5.91. The van der Waals surface area contributed by atoms with E-state index in [0.29, 0.717) is 24.7 Å². The molecule has 1 heterocycles. The second kappa shape index (κ2) is 8.20. The Kier molecular flexibility index (Phi) is 6.27. The number of rotatable bonds is 6. The van der Waals surface area contributed by atoms with Gasteiger partial charge in [0.05, 0.1) is 23.9 Å². The molecule has 9 heteroatoms. The molecule has 0 atom stereocenters. The third kappa shape index (κ3) is 4.09. The summed E-state index contributed by atoms with van der Waals surface area (Å²) in [5.74, 6) is 1.23. The highest BCUT2D eigenvalue weighted by molar-refractivity contribution is 9.10. The Bertz CT molecular complexity index is 876. The van der Waals surface area contributed by atoms with Crippen molar-refractivity contribution in [3.05, 3.63) is 43.0 Å². The van der Waals surface area contributed by atoms with Gasteiger partial charge in [0.15, 0.2) is 11.5 Å². The molecule has 0 spiro atoms. The van der Waals surface area contributed by atoms with Gasteiger partial charge in [-0.15, -0.1) is 0 Å². The van der Waals surface area contributed by atoms with Gasteiger partial charge in [0.2, 0.25) is 4.77 Å². The number of hydrogen-bond acceptors (Lipinski definition) is 6. The summed E-state index contributed by atoms with van der Waals surface area (Å²) in [4.78, 5) is 12.0. The standard InChI is InChI=1S/C15H17BrN4O3S/c1-4-22-12-7-10(6-11(16)13(12)23-5-2)8-17-20-14(21)9(3)18-19-15(20)24/h6-8H,4-5H2,1-3H3,(H,19,24)/b17-8-. The summed E-state index contributed by atoms with van der Waals surface area (Å²) >= 11 is 8.50. The molecule has 2 rings (SSSR count). The predicted octanol–water partition coefficient (Wildman–Crippen LogP) is 3.05. The van der Waals surface area contributed by atoms with Crippen LogP contribution < -0.4 is 15.0 Å². The van der Waals surface area contributed by atoms with E-state index in [-0.39, 0.29) is 16.0 Å². The van der Waals surface area contributed by atoms with Crippen LogP contribution in [0.25, 0.3) is 0 Å². The number of ether oxygens (including phenoxy) is 2. The number of halogens is 1. The lowest BCUT2D eigenvalue weighted by Gasteiger charge is -2.13. The maximum absolute atomic E-state index is 12.0. The molecule has 0 amide bonds. The van der Waals surface area contributed by atoms with Crippen molar-refractivity contribution in [2.45, 2.75) is 20.8 Å². The van der Waals surface area contributed by atoms with E-state index in [9.17, 15) is 4.79 Å². The fraction of sp³-hybridized carbons (Fsp3) is 0.333. The van der Waals surface area contributed by atoms with Crippen LogP contribution in [0.3, 0.4) is 0 Å². The zero-order chi connectivity index (χ0) is 17.7. The number of aromatic amines is 1. The Hall–Kier alpha value is -2.00. The molecule has 2 aromatic rings. The van der Waals surface area contributed by atoms with Gasteiger partial charge in [-0.3, -0.25) is 9.89 Å². The van der Waals surface area contributed by atoms with Gasteiger partial charge in [-0.25, -0.2) is 0 Å². The number of H-pyrrole nitrogens is 1. The first-order valence-corrected chi connectivity index (χ1v) is 8.49. The second-order valence-electron chi connectivity index (χ2n) is 4.67. The molecule has 0 bridgehead atoms. The zero-order valence-corrected chi connectivity index (χ0v) is 15.9. The maximum Gasteiger partial charge on any atom is 0.296 e. The van der Waals surface area contributed by atoms with Crippen molar-refractivity contribution in [3.63, 3.8) is 0 Å². The first-order chi connectivity index (χ1) is 11.5. The van der Waals surface area contributed by atoms with Gasteiger partial charge < -0.3 is 9.47 Å². The first-order valence-electron chi connectivity index (χ1n) is 7.29. The Morgan fingerprint density at radius 2 is 2.08 bits per heavy atom. The van der Waals surface area contributed by atoms with E-state index in [1.807, 2.05) is 19.9 Å². The van der Waals surface area contributed by atoms with Gasteiger partial charge >= 0.3 is 0 Å². The van der Waals surface area contributed by atoms with Crippen molar-refractivity contribution in [2.75, 3.05) is 13.2 Å². The third-order valence-corrected chi connectivity index (χ3v) is 3.81. The quantitative estimate of drug-likeness (QED) is 0.582. The summed E-state index contributed by atoms with van der Waals surface area (Å²) in [7, 11) is 0. The Morgan fingerprint density at radius 1 is 1.38 bits per heavy atom. The Labute approximate surface area is 152 Å². The topological polar surface area (TPSA) is 81.5 Å².